The molecule has 0 bridgehead atoms. The summed E-state index contributed by atoms with van der Waals surface area (Å²) < 4.78 is 0. The first kappa shape index (κ1) is 21.9. The van der Waals surface area contributed by atoms with Crippen LogP contribution >= 0.6 is 0 Å². The number of aliphatic hydroxyl groups is 2. The molecule has 152 valence electrons. The zero-order valence-electron chi connectivity index (χ0n) is 17.1. The molecule has 1 aliphatic carbocycles. The van der Waals surface area contributed by atoms with Gasteiger partial charge in [-0.1, -0.05) is 57.2 Å². The van der Waals surface area contributed by atoms with E-state index in [1.165, 1.54) is 62.1 Å². The highest BCUT2D eigenvalue weighted by molar-refractivity contribution is 5.74. The van der Waals surface area contributed by atoms with E-state index in [0.29, 0.717) is 0 Å². The molecule has 3 N–H and O–H groups in total. The Balaban J connectivity index is 1.95. The minimum absolute atomic E-state index is 0.0494. The van der Waals surface area contributed by atoms with Gasteiger partial charge in [0.15, 0.2) is 0 Å². The number of unbranched alkanes of at least 4 members (excludes halogenated alkanes) is 5. The van der Waals surface area contributed by atoms with Crippen molar-refractivity contribution in [3.63, 3.8) is 0 Å². The minimum Gasteiger partial charge on any atom is -0.394 e. The second-order valence-electron chi connectivity index (χ2n) is 8.21. The fourth-order valence-electron chi connectivity index (χ4n) is 4.38. The average Bonchev–Trinajstić information content (AvgIpc) is 2.68. The third-order valence-corrected chi connectivity index (χ3v) is 6.09. The molecule has 0 spiro atoms. The predicted molar refractivity (Wildman–Crippen MR) is 110 cm³/mol. The van der Waals surface area contributed by atoms with Crippen molar-refractivity contribution in [2.75, 3.05) is 13.2 Å². The fraction of sp³-hybridized carbons (Fsp3) is 0.696. The number of aliphatic hydroxyl groups excluding tert-OH is 2. The van der Waals surface area contributed by atoms with Crippen LogP contribution in [0.4, 0.5) is 0 Å². The number of hydrogen-bond acceptors (Lipinski definition) is 3. The molecule has 0 heterocycles. The van der Waals surface area contributed by atoms with Crippen LogP contribution < -0.4 is 5.32 Å². The van der Waals surface area contributed by atoms with Crippen molar-refractivity contribution in [1.29, 1.82) is 0 Å². The SMILES string of the molecule is CCCCCCCCc1ccc2c(c1)CCC(C(CO)(CO)NC(C)=O)C2. The van der Waals surface area contributed by atoms with E-state index in [-0.39, 0.29) is 25.0 Å². The van der Waals surface area contributed by atoms with Gasteiger partial charge in [0.1, 0.15) is 0 Å². The number of carbonyl (C=O) groups is 1. The third kappa shape index (κ3) is 6.05. The zero-order valence-corrected chi connectivity index (χ0v) is 17.1. The van der Waals surface area contributed by atoms with Crippen LogP contribution in [0.15, 0.2) is 18.2 Å². The number of benzene rings is 1. The molecule has 1 aromatic carbocycles. The van der Waals surface area contributed by atoms with Gasteiger partial charge in [0.05, 0.1) is 18.8 Å². The van der Waals surface area contributed by atoms with Gasteiger partial charge in [0.25, 0.3) is 0 Å². The lowest BCUT2D eigenvalue weighted by atomic mass is 9.72. The van der Waals surface area contributed by atoms with Gasteiger partial charge in [-0.05, 0) is 54.7 Å². The topological polar surface area (TPSA) is 69.6 Å². The van der Waals surface area contributed by atoms with Gasteiger partial charge in [-0.15, -0.1) is 0 Å². The van der Waals surface area contributed by atoms with Crippen LogP contribution in [0.3, 0.4) is 0 Å². The Morgan fingerprint density at radius 2 is 1.81 bits per heavy atom. The molecule has 0 radical (unpaired) electrons. The van der Waals surface area contributed by atoms with Crippen molar-refractivity contribution < 1.29 is 15.0 Å². The van der Waals surface area contributed by atoms with E-state index < -0.39 is 5.54 Å². The number of hydrogen-bond donors (Lipinski definition) is 3. The van der Waals surface area contributed by atoms with Crippen LogP contribution in [0, 0.1) is 5.92 Å². The van der Waals surface area contributed by atoms with Crippen LogP contribution in [-0.4, -0.2) is 34.9 Å². The molecule has 4 heteroatoms. The summed E-state index contributed by atoms with van der Waals surface area (Å²) in [5.41, 5.74) is 3.16. The van der Waals surface area contributed by atoms with Crippen molar-refractivity contribution in [2.24, 2.45) is 5.92 Å². The van der Waals surface area contributed by atoms with Crippen LogP contribution in [-0.2, 0) is 24.1 Å². The van der Waals surface area contributed by atoms with Crippen LogP contribution in [0.5, 0.6) is 0 Å². The normalized spacial score (nSPS) is 16.8. The number of nitrogens with one attached hydrogen (secondary N) is 1. The molecular weight excluding hydrogens is 338 g/mol. The van der Waals surface area contributed by atoms with Crippen LogP contribution in [0.2, 0.25) is 0 Å². The number of aryl methyl sites for hydroxylation is 2. The maximum Gasteiger partial charge on any atom is 0.217 e. The number of carbonyl (C=O) groups excluding carboxylic acids is 1. The lowest BCUT2D eigenvalue weighted by molar-refractivity contribution is -0.123. The first-order valence-corrected chi connectivity index (χ1v) is 10.7. The molecule has 0 fully saturated rings. The molecule has 1 atom stereocenters. The third-order valence-electron chi connectivity index (χ3n) is 6.09. The van der Waals surface area contributed by atoms with E-state index >= 15 is 0 Å². The highest BCUT2D eigenvalue weighted by Crippen LogP contribution is 2.33. The minimum atomic E-state index is -0.930. The van der Waals surface area contributed by atoms with E-state index in [9.17, 15) is 15.0 Å². The van der Waals surface area contributed by atoms with E-state index in [1.807, 2.05) is 0 Å². The Bertz CT molecular complexity index is 595. The van der Waals surface area contributed by atoms with Crippen LogP contribution in [0.25, 0.3) is 0 Å². The Kier molecular flexibility index (Phi) is 8.78. The first-order chi connectivity index (χ1) is 13.0. The summed E-state index contributed by atoms with van der Waals surface area (Å²) >= 11 is 0. The zero-order chi connectivity index (χ0) is 19.7. The lowest BCUT2D eigenvalue weighted by Crippen LogP contribution is -2.59. The summed E-state index contributed by atoms with van der Waals surface area (Å²) in [5, 5.41) is 22.6. The highest BCUT2D eigenvalue weighted by Gasteiger charge is 2.40. The van der Waals surface area contributed by atoms with Gasteiger partial charge < -0.3 is 15.5 Å². The molecule has 4 nitrogen and oxygen atoms in total. The molecule has 1 unspecified atom stereocenters. The quantitative estimate of drug-likeness (QED) is 0.518. The van der Waals surface area contributed by atoms with Gasteiger partial charge in [-0.2, -0.15) is 0 Å². The number of fused-ring (bicyclic) bond motifs is 1. The summed E-state index contributed by atoms with van der Waals surface area (Å²) in [4.78, 5) is 11.6. The Hall–Kier alpha value is -1.39. The van der Waals surface area contributed by atoms with Crippen molar-refractivity contribution in [1.82, 2.24) is 5.32 Å². The molecule has 0 aliphatic heterocycles. The largest absolute Gasteiger partial charge is 0.394 e. The molecule has 0 saturated heterocycles. The molecule has 1 aliphatic rings. The first-order valence-electron chi connectivity index (χ1n) is 10.7. The number of rotatable bonds is 11. The van der Waals surface area contributed by atoms with Gasteiger partial charge in [0.2, 0.25) is 5.91 Å². The van der Waals surface area contributed by atoms with Crippen LogP contribution in [0.1, 0.15) is 75.5 Å². The van der Waals surface area contributed by atoms with Crippen molar-refractivity contribution in [3.05, 3.63) is 34.9 Å². The standard InChI is InChI=1S/C23H37NO3/c1-3-4-5-6-7-8-9-19-10-11-21-15-22(13-12-20(21)14-19)23(16-25,17-26)24-18(2)27/h10-11,14,22,25-26H,3-9,12-13,15-17H2,1-2H3,(H,24,27). The molecule has 27 heavy (non-hydrogen) atoms. The molecule has 1 aromatic rings. The molecular formula is C23H37NO3. The molecule has 0 aromatic heterocycles. The monoisotopic (exact) mass is 375 g/mol. The summed E-state index contributed by atoms with van der Waals surface area (Å²) in [5.74, 6) is -0.161. The van der Waals surface area contributed by atoms with E-state index in [2.05, 4.69) is 30.4 Å². The van der Waals surface area contributed by atoms with E-state index in [1.54, 1.807) is 0 Å². The van der Waals surface area contributed by atoms with Crippen molar-refractivity contribution >= 4 is 5.91 Å². The second-order valence-corrected chi connectivity index (χ2v) is 8.21. The molecule has 1 amide bonds. The Labute approximate surface area is 164 Å². The number of amides is 1. The van der Waals surface area contributed by atoms with Crippen molar-refractivity contribution in [2.45, 2.75) is 83.6 Å². The predicted octanol–water partition coefficient (Wildman–Crippen LogP) is 3.55. The second kappa shape index (κ2) is 10.8. The smallest absolute Gasteiger partial charge is 0.217 e. The summed E-state index contributed by atoms with van der Waals surface area (Å²) in [7, 11) is 0. The summed E-state index contributed by atoms with van der Waals surface area (Å²) in [6, 6.07) is 6.78. The Morgan fingerprint density at radius 1 is 1.11 bits per heavy atom. The maximum atomic E-state index is 11.6. The lowest BCUT2D eigenvalue weighted by Gasteiger charge is -2.41. The maximum absolute atomic E-state index is 11.6. The van der Waals surface area contributed by atoms with Gasteiger partial charge in [-0.3, -0.25) is 4.79 Å². The van der Waals surface area contributed by atoms with Gasteiger partial charge in [0, 0.05) is 6.92 Å². The van der Waals surface area contributed by atoms with E-state index in [4.69, 9.17) is 0 Å². The summed E-state index contributed by atoms with van der Waals surface area (Å²) in [6.45, 7) is 3.21. The molecule has 2 rings (SSSR count). The van der Waals surface area contributed by atoms with Gasteiger partial charge in [-0.25, -0.2) is 0 Å². The summed E-state index contributed by atoms with van der Waals surface area (Å²) in [6.07, 6.45) is 11.6. The molecule has 0 saturated carbocycles. The highest BCUT2D eigenvalue weighted by atomic mass is 16.3. The average molecular weight is 376 g/mol. The van der Waals surface area contributed by atoms with Gasteiger partial charge >= 0.3 is 0 Å². The Morgan fingerprint density at radius 3 is 2.48 bits per heavy atom. The fourth-order valence-corrected chi connectivity index (χ4v) is 4.38. The van der Waals surface area contributed by atoms with E-state index in [0.717, 1.165) is 25.7 Å². The van der Waals surface area contributed by atoms with Crippen molar-refractivity contribution in [3.8, 4) is 0 Å².